The number of hydrogen-bond acceptors (Lipinski definition) is 3. The van der Waals surface area contributed by atoms with Gasteiger partial charge in [-0.05, 0) is 49.4 Å². The fourth-order valence-electron chi connectivity index (χ4n) is 2.23. The molecule has 0 aliphatic rings. The molecule has 3 aromatic rings. The maximum Gasteiger partial charge on any atom is 0.271 e. The van der Waals surface area contributed by atoms with E-state index < -0.39 is 0 Å². The van der Waals surface area contributed by atoms with Crippen LogP contribution in [0.4, 0.5) is 0 Å². The van der Waals surface area contributed by atoms with E-state index in [0.29, 0.717) is 27.1 Å². The molecule has 0 saturated carbocycles. The zero-order valence-corrected chi connectivity index (χ0v) is 14.8. The Kier molecular flexibility index (Phi) is 5.22. The lowest BCUT2D eigenvalue weighted by molar-refractivity contribution is 0.0955. The molecule has 1 heterocycles. The lowest BCUT2D eigenvalue weighted by Gasteiger charge is -2.00. The lowest BCUT2D eigenvalue weighted by Crippen LogP contribution is -2.17. The summed E-state index contributed by atoms with van der Waals surface area (Å²) in [4.78, 5) is 12.0. The van der Waals surface area contributed by atoms with Gasteiger partial charge >= 0.3 is 0 Å². The number of benzene rings is 2. The number of halogens is 2. The minimum Gasteiger partial charge on any atom is -0.455 e. The second-order valence-electron chi connectivity index (χ2n) is 5.40. The SMILES string of the molecule is Cc1cccc(C(=O)N/N=C/c2ccc(-c3ccc(Cl)c(Cl)c3)o2)c1. The van der Waals surface area contributed by atoms with Gasteiger partial charge in [-0.3, -0.25) is 4.79 Å². The molecule has 0 fully saturated rings. The number of aryl methyl sites for hydroxylation is 1. The second kappa shape index (κ2) is 7.55. The largest absolute Gasteiger partial charge is 0.455 e. The normalized spacial score (nSPS) is 11.0. The molecule has 2 aromatic carbocycles. The van der Waals surface area contributed by atoms with Gasteiger partial charge in [0.1, 0.15) is 11.5 Å². The van der Waals surface area contributed by atoms with E-state index in [4.69, 9.17) is 27.6 Å². The summed E-state index contributed by atoms with van der Waals surface area (Å²) in [6.45, 7) is 1.92. The molecule has 0 saturated heterocycles. The number of furan rings is 1. The highest BCUT2D eigenvalue weighted by Crippen LogP contribution is 2.29. The van der Waals surface area contributed by atoms with Gasteiger partial charge in [-0.2, -0.15) is 5.10 Å². The van der Waals surface area contributed by atoms with Crippen LogP contribution < -0.4 is 5.43 Å². The molecule has 1 amide bonds. The molecule has 1 N–H and O–H groups in total. The van der Waals surface area contributed by atoms with Crippen LogP contribution in [0, 0.1) is 6.92 Å². The van der Waals surface area contributed by atoms with Gasteiger partial charge in [0.25, 0.3) is 5.91 Å². The van der Waals surface area contributed by atoms with E-state index in [-0.39, 0.29) is 5.91 Å². The number of nitrogens with one attached hydrogen (secondary N) is 1. The van der Waals surface area contributed by atoms with Gasteiger partial charge in [-0.1, -0.05) is 40.9 Å². The summed E-state index contributed by atoms with van der Waals surface area (Å²) in [6, 6.07) is 16.1. The molecule has 0 aliphatic heterocycles. The average molecular weight is 373 g/mol. The van der Waals surface area contributed by atoms with Gasteiger partial charge in [0.15, 0.2) is 0 Å². The molecule has 126 valence electrons. The Bertz CT molecular complexity index is 948. The summed E-state index contributed by atoms with van der Waals surface area (Å²) in [5, 5.41) is 4.86. The van der Waals surface area contributed by atoms with Crippen LogP contribution in [0.25, 0.3) is 11.3 Å². The Balaban J connectivity index is 1.67. The lowest BCUT2D eigenvalue weighted by atomic mass is 10.1. The minimum absolute atomic E-state index is 0.281. The summed E-state index contributed by atoms with van der Waals surface area (Å²) in [6.07, 6.45) is 1.44. The van der Waals surface area contributed by atoms with Gasteiger partial charge < -0.3 is 4.42 Å². The van der Waals surface area contributed by atoms with Crippen molar-refractivity contribution in [2.24, 2.45) is 5.10 Å². The van der Waals surface area contributed by atoms with E-state index >= 15 is 0 Å². The third kappa shape index (κ3) is 4.29. The number of rotatable bonds is 4. The first-order chi connectivity index (χ1) is 12.0. The Morgan fingerprint density at radius 2 is 1.92 bits per heavy atom. The maximum absolute atomic E-state index is 12.0. The molecule has 0 atom stereocenters. The third-order valence-electron chi connectivity index (χ3n) is 3.47. The monoisotopic (exact) mass is 372 g/mol. The fraction of sp³-hybridized carbons (Fsp3) is 0.0526. The first kappa shape index (κ1) is 17.3. The van der Waals surface area contributed by atoms with Crippen molar-refractivity contribution in [3.8, 4) is 11.3 Å². The molecule has 4 nitrogen and oxygen atoms in total. The number of amides is 1. The molecule has 0 aliphatic carbocycles. The molecule has 0 radical (unpaired) electrons. The van der Waals surface area contributed by atoms with Crippen molar-refractivity contribution in [3.05, 3.63) is 81.5 Å². The van der Waals surface area contributed by atoms with Crippen LogP contribution in [0.5, 0.6) is 0 Å². The highest BCUT2D eigenvalue weighted by molar-refractivity contribution is 6.42. The van der Waals surface area contributed by atoms with Crippen LogP contribution in [0.1, 0.15) is 21.7 Å². The molecule has 0 unspecified atom stereocenters. The standard InChI is InChI=1S/C19H14Cl2N2O2/c1-12-3-2-4-14(9-12)19(24)23-22-11-15-6-8-18(25-15)13-5-7-16(20)17(21)10-13/h2-11H,1H3,(H,23,24)/b22-11+. The first-order valence-corrected chi connectivity index (χ1v) is 8.24. The van der Waals surface area contributed by atoms with Crippen molar-refractivity contribution in [1.29, 1.82) is 0 Å². The summed E-state index contributed by atoms with van der Waals surface area (Å²) in [7, 11) is 0. The molecule has 25 heavy (non-hydrogen) atoms. The van der Waals surface area contributed by atoms with Crippen LogP contribution in [-0.2, 0) is 0 Å². The van der Waals surface area contributed by atoms with Crippen molar-refractivity contribution in [2.45, 2.75) is 6.92 Å². The van der Waals surface area contributed by atoms with Gasteiger partial charge in [-0.25, -0.2) is 5.43 Å². The van der Waals surface area contributed by atoms with Crippen molar-refractivity contribution < 1.29 is 9.21 Å². The van der Waals surface area contributed by atoms with Gasteiger partial charge in [-0.15, -0.1) is 0 Å². The second-order valence-corrected chi connectivity index (χ2v) is 6.21. The molecule has 0 spiro atoms. The van der Waals surface area contributed by atoms with Gasteiger partial charge in [0, 0.05) is 11.1 Å². The van der Waals surface area contributed by atoms with E-state index in [1.807, 2.05) is 25.1 Å². The number of carbonyl (C=O) groups excluding carboxylic acids is 1. The van der Waals surface area contributed by atoms with Crippen molar-refractivity contribution >= 4 is 35.3 Å². The van der Waals surface area contributed by atoms with E-state index in [1.165, 1.54) is 6.21 Å². The molecule has 0 bridgehead atoms. The predicted molar refractivity (Wildman–Crippen MR) is 100 cm³/mol. The Morgan fingerprint density at radius 3 is 2.68 bits per heavy atom. The van der Waals surface area contributed by atoms with Crippen molar-refractivity contribution in [2.75, 3.05) is 0 Å². The number of nitrogens with zero attached hydrogens (tertiary/aromatic N) is 1. The van der Waals surface area contributed by atoms with E-state index in [1.54, 1.807) is 36.4 Å². The molecular weight excluding hydrogens is 359 g/mol. The summed E-state index contributed by atoms with van der Waals surface area (Å²) in [5.41, 5.74) is 4.83. The summed E-state index contributed by atoms with van der Waals surface area (Å²) < 4.78 is 5.67. The molecule has 3 rings (SSSR count). The van der Waals surface area contributed by atoms with E-state index in [0.717, 1.165) is 11.1 Å². The van der Waals surface area contributed by atoms with Crippen LogP contribution in [0.2, 0.25) is 10.0 Å². The first-order valence-electron chi connectivity index (χ1n) is 7.48. The van der Waals surface area contributed by atoms with Gasteiger partial charge in [0.05, 0.1) is 16.3 Å². The van der Waals surface area contributed by atoms with Crippen LogP contribution in [0.15, 0.2) is 64.1 Å². The average Bonchev–Trinajstić information content (AvgIpc) is 3.06. The Labute approximate surface area is 155 Å². The number of carbonyl (C=O) groups is 1. The zero-order chi connectivity index (χ0) is 17.8. The molecular formula is C19H14Cl2N2O2. The quantitative estimate of drug-likeness (QED) is 0.497. The zero-order valence-electron chi connectivity index (χ0n) is 13.3. The topological polar surface area (TPSA) is 54.6 Å². The van der Waals surface area contributed by atoms with E-state index in [2.05, 4.69) is 10.5 Å². The third-order valence-corrected chi connectivity index (χ3v) is 4.21. The fourth-order valence-corrected chi connectivity index (χ4v) is 2.53. The number of hydrogen-bond donors (Lipinski definition) is 1. The summed E-state index contributed by atoms with van der Waals surface area (Å²) in [5.74, 6) is 0.854. The maximum atomic E-state index is 12.0. The van der Waals surface area contributed by atoms with Crippen LogP contribution >= 0.6 is 23.2 Å². The van der Waals surface area contributed by atoms with Gasteiger partial charge in [0.2, 0.25) is 0 Å². The molecule has 6 heteroatoms. The van der Waals surface area contributed by atoms with Crippen LogP contribution in [-0.4, -0.2) is 12.1 Å². The highest BCUT2D eigenvalue weighted by atomic mass is 35.5. The Morgan fingerprint density at radius 1 is 1.08 bits per heavy atom. The minimum atomic E-state index is -0.281. The Hall–Kier alpha value is -2.56. The van der Waals surface area contributed by atoms with Crippen molar-refractivity contribution in [3.63, 3.8) is 0 Å². The molecule has 1 aromatic heterocycles. The highest BCUT2D eigenvalue weighted by Gasteiger charge is 2.07. The van der Waals surface area contributed by atoms with Crippen molar-refractivity contribution in [1.82, 2.24) is 5.43 Å². The number of hydrazone groups is 1. The summed E-state index contributed by atoms with van der Waals surface area (Å²) >= 11 is 11.9. The van der Waals surface area contributed by atoms with E-state index in [9.17, 15) is 4.79 Å². The smallest absolute Gasteiger partial charge is 0.271 e. The van der Waals surface area contributed by atoms with Crippen LogP contribution in [0.3, 0.4) is 0 Å². The predicted octanol–water partition coefficient (Wildman–Crippen LogP) is 5.33.